The lowest BCUT2D eigenvalue weighted by atomic mass is 9.93. The number of rotatable bonds is 6. The van der Waals surface area contributed by atoms with Crippen LogP contribution in [0, 0.1) is 5.82 Å². The Morgan fingerprint density at radius 2 is 2.39 bits per heavy atom. The molecule has 0 amide bonds. The Bertz CT molecular complexity index is 437. The number of pyridine rings is 1. The van der Waals surface area contributed by atoms with Crippen molar-refractivity contribution in [3.8, 4) is 0 Å². The van der Waals surface area contributed by atoms with Gasteiger partial charge in [0.25, 0.3) is 0 Å². The number of halogens is 1. The number of hydrogen-bond acceptors (Lipinski definition) is 4. The van der Waals surface area contributed by atoms with E-state index in [9.17, 15) is 9.18 Å². The number of carbonyl (C=O) groups is 1. The Balaban J connectivity index is 3.10. The van der Waals surface area contributed by atoms with Gasteiger partial charge in [-0.25, -0.2) is 9.18 Å². The first-order valence-corrected chi connectivity index (χ1v) is 5.68. The molecule has 1 heterocycles. The van der Waals surface area contributed by atoms with Gasteiger partial charge in [0.2, 0.25) is 0 Å². The van der Waals surface area contributed by atoms with Crippen LogP contribution in [0.15, 0.2) is 31.1 Å². The van der Waals surface area contributed by atoms with Crippen molar-refractivity contribution in [2.45, 2.75) is 19.4 Å². The lowest BCUT2D eigenvalue weighted by Crippen LogP contribution is -2.48. The fourth-order valence-electron chi connectivity index (χ4n) is 1.53. The molecule has 0 aliphatic carbocycles. The number of nitrogens with one attached hydrogen (secondary N) is 1. The molecule has 0 aliphatic rings. The number of nitrogens with zero attached hydrogens (tertiary/aromatic N) is 1. The maximum atomic E-state index is 13.2. The van der Waals surface area contributed by atoms with Gasteiger partial charge in [0, 0.05) is 18.3 Å². The first-order valence-electron chi connectivity index (χ1n) is 5.68. The molecule has 1 aromatic rings. The lowest BCUT2D eigenvalue weighted by Gasteiger charge is -2.28. The van der Waals surface area contributed by atoms with E-state index in [0.29, 0.717) is 12.1 Å². The molecule has 0 bridgehead atoms. The van der Waals surface area contributed by atoms with Crippen molar-refractivity contribution in [1.29, 1.82) is 0 Å². The van der Waals surface area contributed by atoms with Crippen LogP contribution < -0.4 is 5.32 Å². The van der Waals surface area contributed by atoms with Crippen LogP contribution in [0.2, 0.25) is 0 Å². The van der Waals surface area contributed by atoms with Gasteiger partial charge in [-0.3, -0.25) is 10.3 Å². The van der Waals surface area contributed by atoms with Crippen molar-refractivity contribution in [2.24, 2.45) is 0 Å². The molecule has 0 radical (unpaired) electrons. The summed E-state index contributed by atoms with van der Waals surface area (Å²) in [6.45, 7) is 7.58. The van der Waals surface area contributed by atoms with Crippen LogP contribution in [-0.4, -0.2) is 24.1 Å². The summed E-state index contributed by atoms with van der Waals surface area (Å²) in [6, 6.07) is 1.26. The fourth-order valence-corrected chi connectivity index (χ4v) is 1.53. The van der Waals surface area contributed by atoms with Gasteiger partial charge < -0.3 is 4.74 Å². The smallest absolute Gasteiger partial charge is 0.330 e. The number of esters is 1. The SMILES string of the molecule is C=CCNC(C)(C(=O)OCC)c1cncc(F)c1. The van der Waals surface area contributed by atoms with Gasteiger partial charge in [-0.2, -0.15) is 0 Å². The van der Waals surface area contributed by atoms with Crippen molar-refractivity contribution in [3.63, 3.8) is 0 Å². The van der Waals surface area contributed by atoms with E-state index in [2.05, 4.69) is 16.9 Å². The molecule has 1 N–H and O–H groups in total. The molecule has 0 aromatic carbocycles. The average Bonchev–Trinajstić information content (AvgIpc) is 2.36. The standard InChI is InChI=1S/C13H17FN2O2/c1-4-6-16-13(3,12(17)18-5-2)10-7-11(14)9-15-8-10/h4,7-9,16H,1,5-6H2,2-3H3. The minimum Gasteiger partial charge on any atom is -0.464 e. The Kier molecular flexibility index (Phi) is 4.97. The minimum atomic E-state index is -1.14. The van der Waals surface area contributed by atoms with E-state index in [-0.39, 0.29) is 6.61 Å². The zero-order chi connectivity index (χ0) is 13.6. The molecule has 1 rings (SSSR count). The highest BCUT2D eigenvalue weighted by molar-refractivity contribution is 5.82. The third kappa shape index (κ3) is 3.13. The summed E-state index contributed by atoms with van der Waals surface area (Å²) in [5.41, 5.74) is -0.720. The Morgan fingerprint density at radius 1 is 1.67 bits per heavy atom. The third-order valence-corrected chi connectivity index (χ3v) is 2.57. The van der Waals surface area contributed by atoms with E-state index in [4.69, 9.17) is 4.74 Å². The van der Waals surface area contributed by atoms with Gasteiger partial charge in [-0.1, -0.05) is 6.08 Å². The van der Waals surface area contributed by atoms with Crippen molar-refractivity contribution in [1.82, 2.24) is 10.3 Å². The highest BCUT2D eigenvalue weighted by Gasteiger charge is 2.36. The molecule has 0 aliphatic heterocycles. The Morgan fingerprint density at radius 3 is 2.94 bits per heavy atom. The second-order valence-corrected chi connectivity index (χ2v) is 3.91. The van der Waals surface area contributed by atoms with Crippen LogP contribution in [0.5, 0.6) is 0 Å². The summed E-state index contributed by atoms with van der Waals surface area (Å²) >= 11 is 0. The molecule has 0 fully saturated rings. The average molecular weight is 252 g/mol. The van der Waals surface area contributed by atoms with Crippen molar-refractivity contribution in [2.75, 3.05) is 13.2 Å². The van der Waals surface area contributed by atoms with Gasteiger partial charge >= 0.3 is 5.97 Å². The zero-order valence-corrected chi connectivity index (χ0v) is 10.6. The maximum absolute atomic E-state index is 13.2. The van der Waals surface area contributed by atoms with Crippen LogP contribution in [0.1, 0.15) is 19.4 Å². The van der Waals surface area contributed by atoms with Crippen molar-refractivity contribution < 1.29 is 13.9 Å². The van der Waals surface area contributed by atoms with E-state index in [0.717, 1.165) is 6.20 Å². The first kappa shape index (κ1) is 14.3. The summed E-state index contributed by atoms with van der Waals surface area (Å²) < 4.78 is 18.2. The minimum absolute atomic E-state index is 0.257. The summed E-state index contributed by atoms with van der Waals surface area (Å²) in [5.74, 6) is -0.970. The summed E-state index contributed by atoms with van der Waals surface area (Å²) in [7, 11) is 0. The van der Waals surface area contributed by atoms with E-state index < -0.39 is 17.3 Å². The monoisotopic (exact) mass is 252 g/mol. The molecule has 1 aromatic heterocycles. The molecule has 1 atom stereocenters. The van der Waals surface area contributed by atoms with Crippen molar-refractivity contribution >= 4 is 5.97 Å². The zero-order valence-electron chi connectivity index (χ0n) is 10.6. The molecule has 5 heteroatoms. The normalized spacial score (nSPS) is 13.7. The van der Waals surface area contributed by atoms with E-state index in [1.165, 1.54) is 12.3 Å². The third-order valence-electron chi connectivity index (χ3n) is 2.57. The van der Waals surface area contributed by atoms with Crippen LogP contribution in [0.4, 0.5) is 4.39 Å². The maximum Gasteiger partial charge on any atom is 0.330 e. The number of ether oxygens (including phenoxy) is 1. The fraction of sp³-hybridized carbons (Fsp3) is 0.385. The predicted molar refractivity (Wildman–Crippen MR) is 66.4 cm³/mol. The highest BCUT2D eigenvalue weighted by Crippen LogP contribution is 2.22. The lowest BCUT2D eigenvalue weighted by molar-refractivity contribution is -0.150. The Labute approximate surface area is 106 Å². The van der Waals surface area contributed by atoms with Gasteiger partial charge in [0.15, 0.2) is 0 Å². The van der Waals surface area contributed by atoms with Crippen LogP contribution in [-0.2, 0) is 15.1 Å². The summed E-state index contributed by atoms with van der Waals surface area (Å²) in [6.07, 6.45) is 4.14. The van der Waals surface area contributed by atoms with E-state index in [1.54, 1.807) is 19.9 Å². The number of hydrogen-bond donors (Lipinski definition) is 1. The largest absolute Gasteiger partial charge is 0.464 e. The van der Waals surface area contributed by atoms with Crippen LogP contribution >= 0.6 is 0 Å². The number of carbonyl (C=O) groups excluding carboxylic acids is 1. The topological polar surface area (TPSA) is 51.2 Å². The van der Waals surface area contributed by atoms with Crippen molar-refractivity contribution in [3.05, 3.63) is 42.5 Å². The van der Waals surface area contributed by atoms with Gasteiger partial charge in [0.1, 0.15) is 11.4 Å². The second-order valence-electron chi connectivity index (χ2n) is 3.91. The molecule has 4 nitrogen and oxygen atoms in total. The molecular formula is C13H17FN2O2. The van der Waals surface area contributed by atoms with E-state index >= 15 is 0 Å². The van der Waals surface area contributed by atoms with Crippen LogP contribution in [0.25, 0.3) is 0 Å². The van der Waals surface area contributed by atoms with E-state index in [1.807, 2.05) is 0 Å². The molecule has 18 heavy (non-hydrogen) atoms. The molecule has 0 saturated carbocycles. The van der Waals surface area contributed by atoms with Gasteiger partial charge in [0.05, 0.1) is 12.8 Å². The second kappa shape index (κ2) is 6.26. The molecular weight excluding hydrogens is 235 g/mol. The quantitative estimate of drug-likeness (QED) is 0.619. The molecule has 1 unspecified atom stereocenters. The number of aromatic nitrogens is 1. The van der Waals surface area contributed by atoms with Gasteiger partial charge in [-0.05, 0) is 19.9 Å². The highest BCUT2D eigenvalue weighted by atomic mass is 19.1. The molecule has 0 spiro atoms. The summed E-state index contributed by atoms with van der Waals surface area (Å²) in [4.78, 5) is 15.8. The van der Waals surface area contributed by atoms with Gasteiger partial charge in [-0.15, -0.1) is 6.58 Å². The first-order chi connectivity index (χ1) is 8.54. The molecule has 98 valence electrons. The predicted octanol–water partition coefficient (Wildman–Crippen LogP) is 1.77. The molecule has 0 saturated heterocycles. The summed E-state index contributed by atoms with van der Waals surface area (Å²) in [5, 5.41) is 2.97. The van der Waals surface area contributed by atoms with Crippen LogP contribution in [0.3, 0.4) is 0 Å². The Hall–Kier alpha value is -1.75.